The second-order valence-electron chi connectivity index (χ2n) is 4.24. The lowest BCUT2D eigenvalue weighted by Gasteiger charge is -2.12. The number of benzene rings is 1. The summed E-state index contributed by atoms with van der Waals surface area (Å²) in [4.78, 5) is 4.60. The van der Waals surface area contributed by atoms with Crippen molar-refractivity contribution >= 4 is 5.71 Å². The molecular weight excluding hydrogens is 170 g/mol. The van der Waals surface area contributed by atoms with Crippen LogP contribution in [-0.4, -0.2) is 5.71 Å². The molecule has 3 rings (SSSR count). The molecule has 1 aromatic rings. The summed E-state index contributed by atoms with van der Waals surface area (Å²) in [6, 6.07) is 10.5. The summed E-state index contributed by atoms with van der Waals surface area (Å²) < 4.78 is 0. The lowest BCUT2D eigenvalue weighted by atomic mass is 10.0. The van der Waals surface area contributed by atoms with E-state index < -0.39 is 0 Å². The highest BCUT2D eigenvalue weighted by Crippen LogP contribution is 2.48. The van der Waals surface area contributed by atoms with Crippen LogP contribution < -0.4 is 0 Å². The fourth-order valence-electron chi connectivity index (χ4n) is 2.30. The molecule has 0 saturated heterocycles. The van der Waals surface area contributed by atoms with Crippen LogP contribution >= 0.6 is 0 Å². The van der Waals surface area contributed by atoms with Gasteiger partial charge >= 0.3 is 0 Å². The number of allylic oxidation sites excluding steroid dienone is 1. The highest BCUT2D eigenvalue weighted by Gasteiger charge is 2.43. The summed E-state index contributed by atoms with van der Waals surface area (Å²) in [6.45, 7) is 3.98. The Morgan fingerprint density at radius 1 is 1.21 bits per heavy atom. The molecule has 1 aromatic carbocycles. The molecule has 1 heterocycles. The molecule has 2 atom stereocenters. The number of nitrogens with zero attached hydrogens (tertiary/aromatic N) is 1. The number of hydrogen-bond acceptors (Lipinski definition) is 1. The molecule has 0 amide bonds. The molecule has 2 aliphatic rings. The Labute approximate surface area is 84.2 Å². The van der Waals surface area contributed by atoms with Gasteiger partial charge in [-0.2, -0.15) is 0 Å². The van der Waals surface area contributed by atoms with Crippen molar-refractivity contribution in [1.29, 1.82) is 0 Å². The first-order valence-electron chi connectivity index (χ1n) is 5.16. The maximum Gasteiger partial charge on any atom is 0.0512 e. The zero-order chi connectivity index (χ0) is 9.54. The normalized spacial score (nSPS) is 29.4. The van der Waals surface area contributed by atoms with E-state index in [1.165, 1.54) is 17.7 Å². The molecular formula is C13H13N. The van der Waals surface area contributed by atoms with Crippen molar-refractivity contribution in [2.24, 2.45) is 16.8 Å². The van der Waals surface area contributed by atoms with Gasteiger partial charge < -0.3 is 0 Å². The third-order valence-corrected chi connectivity index (χ3v) is 3.12. The zero-order valence-corrected chi connectivity index (χ0v) is 8.11. The first-order chi connectivity index (χ1) is 6.84. The van der Waals surface area contributed by atoms with E-state index in [0.717, 1.165) is 24.0 Å². The van der Waals surface area contributed by atoms with Gasteiger partial charge in [0.2, 0.25) is 0 Å². The van der Waals surface area contributed by atoms with Crippen LogP contribution in [0.25, 0.3) is 0 Å². The number of aliphatic imine (C=N–C) groups is 1. The molecule has 0 bridgehead atoms. The summed E-state index contributed by atoms with van der Waals surface area (Å²) in [5.41, 5.74) is 3.61. The first-order valence-corrected chi connectivity index (χ1v) is 5.16. The standard InChI is InChI=1S/C13H13N/c1-9-7-11-8-12(11)13(14-9)10-5-3-2-4-6-10/h2-6,11-12H,1,7-8H2. The Bertz CT molecular complexity index is 403. The molecule has 1 aliphatic carbocycles. The molecule has 1 heteroatoms. The van der Waals surface area contributed by atoms with Crippen LogP contribution in [0.5, 0.6) is 0 Å². The van der Waals surface area contributed by atoms with E-state index in [4.69, 9.17) is 0 Å². The van der Waals surface area contributed by atoms with E-state index in [9.17, 15) is 0 Å². The van der Waals surface area contributed by atoms with Crippen LogP contribution in [-0.2, 0) is 0 Å². The van der Waals surface area contributed by atoms with Gasteiger partial charge in [-0.05, 0) is 24.3 Å². The van der Waals surface area contributed by atoms with Crippen LogP contribution in [0.1, 0.15) is 18.4 Å². The van der Waals surface area contributed by atoms with Crippen molar-refractivity contribution < 1.29 is 0 Å². The number of hydrogen-bond donors (Lipinski definition) is 0. The van der Waals surface area contributed by atoms with Crippen LogP contribution in [0.15, 0.2) is 47.6 Å². The van der Waals surface area contributed by atoms with Crippen molar-refractivity contribution in [3.8, 4) is 0 Å². The Kier molecular flexibility index (Phi) is 1.60. The van der Waals surface area contributed by atoms with Crippen LogP contribution in [0.3, 0.4) is 0 Å². The lowest BCUT2D eigenvalue weighted by molar-refractivity contribution is 0.759. The highest BCUT2D eigenvalue weighted by molar-refractivity contribution is 6.05. The number of rotatable bonds is 1. The van der Waals surface area contributed by atoms with Crippen molar-refractivity contribution in [2.45, 2.75) is 12.8 Å². The van der Waals surface area contributed by atoms with Gasteiger partial charge in [-0.1, -0.05) is 36.9 Å². The topological polar surface area (TPSA) is 12.4 Å². The average molecular weight is 183 g/mol. The Morgan fingerprint density at radius 2 is 2.00 bits per heavy atom. The third kappa shape index (κ3) is 1.20. The quantitative estimate of drug-likeness (QED) is 0.634. The Balaban J connectivity index is 2.02. The zero-order valence-electron chi connectivity index (χ0n) is 8.11. The predicted octanol–water partition coefficient (Wildman–Crippen LogP) is 3.03. The summed E-state index contributed by atoms with van der Waals surface area (Å²) in [5, 5.41) is 0. The van der Waals surface area contributed by atoms with E-state index >= 15 is 0 Å². The largest absolute Gasteiger partial charge is 0.258 e. The van der Waals surface area contributed by atoms with Crippen molar-refractivity contribution in [2.75, 3.05) is 0 Å². The lowest BCUT2D eigenvalue weighted by Crippen LogP contribution is -2.09. The molecule has 14 heavy (non-hydrogen) atoms. The van der Waals surface area contributed by atoms with Crippen molar-refractivity contribution in [1.82, 2.24) is 0 Å². The Hall–Kier alpha value is -1.37. The van der Waals surface area contributed by atoms with Gasteiger partial charge in [-0.3, -0.25) is 4.99 Å². The molecule has 1 saturated carbocycles. The Morgan fingerprint density at radius 3 is 2.79 bits per heavy atom. The minimum Gasteiger partial charge on any atom is -0.258 e. The highest BCUT2D eigenvalue weighted by atomic mass is 14.8. The monoisotopic (exact) mass is 183 g/mol. The second-order valence-corrected chi connectivity index (χ2v) is 4.24. The molecule has 0 spiro atoms. The summed E-state index contributed by atoms with van der Waals surface area (Å²) in [7, 11) is 0. The molecule has 1 fully saturated rings. The van der Waals surface area contributed by atoms with E-state index in [0.29, 0.717) is 0 Å². The molecule has 1 aliphatic heterocycles. The third-order valence-electron chi connectivity index (χ3n) is 3.12. The van der Waals surface area contributed by atoms with Crippen molar-refractivity contribution in [3.63, 3.8) is 0 Å². The molecule has 2 unspecified atom stereocenters. The summed E-state index contributed by atoms with van der Waals surface area (Å²) >= 11 is 0. The minimum absolute atomic E-state index is 0.725. The van der Waals surface area contributed by atoms with Gasteiger partial charge in [0.05, 0.1) is 5.71 Å². The van der Waals surface area contributed by atoms with E-state index in [-0.39, 0.29) is 0 Å². The van der Waals surface area contributed by atoms with E-state index in [1.54, 1.807) is 0 Å². The second kappa shape index (κ2) is 2.81. The van der Waals surface area contributed by atoms with Crippen LogP contribution in [0.2, 0.25) is 0 Å². The fraction of sp³-hybridized carbons (Fsp3) is 0.308. The maximum absolute atomic E-state index is 4.60. The maximum atomic E-state index is 4.60. The molecule has 0 N–H and O–H groups in total. The first kappa shape index (κ1) is 7.98. The predicted molar refractivity (Wildman–Crippen MR) is 58.3 cm³/mol. The number of fused-ring (bicyclic) bond motifs is 1. The van der Waals surface area contributed by atoms with E-state index in [2.05, 4.69) is 35.8 Å². The average Bonchev–Trinajstić information content (AvgIpc) is 2.96. The minimum atomic E-state index is 0.725. The molecule has 0 aromatic heterocycles. The summed E-state index contributed by atoms with van der Waals surface area (Å²) in [6.07, 6.45) is 2.42. The summed E-state index contributed by atoms with van der Waals surface area (Å²) in [5.74, 6) is 1.57. The van der Waals surface area contributed by atoms with Gasteiger partial charge in [0.1, 0.15) is 0 Å². The van der Waals surface area contributed by atoms with Gasteiger partial charge in [0.25, 0.3) is 0 Å². The smallest absolute Gasteiger partial charge is 0.0512 e. The fourth-order valence-corrected chi connectivity index (χ4v) is 2.30. The molecule has 70 valence electrons. The SMILES string of the molecule is C=C1CC2CC2C(c2ccccc2)=N1. The van der Waals surface area contributed by atoms with Gasteiger partial charge in [0, 0.05) is 11.6 Å². The van der Waals surface area contributed by atoms with Gasteiger partial charge in [-0.15, -0.1) is 0 Å². The molecule has 0 radical (unpaired) electrons. The molecule has 1 nitrogen and oxygen atoms in total. The van der Waals surface area contributed by atoms with E-state index in [1.807, 2.05) is 6.07 Å². The van der Waals surface area contributed by atoms with Gasteiger partial charge in [0.15, 0.2) is 0 Å². The van der Waals surface area contributed by atoms with Gasteiger partial charge in [-0.25, -0.2) is 0 Å². The van der Waals surface area contributed by atoms with Crippen LogP contribution in [0, 0.1) is 11.8 Å². The van der Waals surface area contributed by atoms with Crippen molar-refractivity contribution in [3.05, 3.63) is 48.2 Å². The van der Waals surface area contributed by atoms with Crippen LogP contribution in [0.4, 0.5) is 0 Å².